The summed E-state index contributed by atoms with van der Waals surface area (Å²) in [7, 11) is 1.29. The van der Waals surface area contributed by atoms with Crippen LogP contribution >= 0.6 is 0 Å². The number of ether oxygens (including phenoxy) is 1. The molecular formula is C14H17F4N3O2. The summed E-state index contributed by atoms with van der Waals surface area (Å²) < 4.78 is 57.2. The number of alkyl halides is 4. The predicted octanol–water partition coefficient (Wildman–Crippen LogP) is 2.45. The van der Waals surface area contributed by atoms with Crippen molar-refractivity contribution in [1.82, 2.24) is 15.2 Å². The van der Waals surface area contributed by atoms with Crippen LogP contribution in [-0.2, 0) is 4.74 Å². The number of amides is 2. The first-order chi connectivity index (χ1) is 10.8. The Hall–Kier alpha value is -1.90. The zero-order chi connectivity index (χ0) is 17.0. The Labute approximate surface area is 130 Å². The number of nitrogens with one attached hydrogen (secondary N) is 1. The summed E-state index contributed by atoms with van der Waals surface area (Å²) in [5, 5.41) is 2.14. The van der Waals surface area contributed by atoms with Crippen LogP contribution in [-0.4, -0.2) is 54.6 Å². The summed E-state index contributed by atoms with van der Waals surface area (Å²) in [6, 6.07) is -0.271. The molecule has 1 aliphatic heterocycles. The van der Waals surface area contributed by atoms with Crippen molar-refractivity contribution in [3.8, 4) is 0 Å². The molecule has 1 N–H and O–H groups in total. The van der Waals surface area contributed by atoms with E-state index in [-0.39, 0.29) is 6.61 Å². The van der Waals surface area contributed by atoms with E-state index in [1.165, 1.54) is 31.6 Å². The number of carbonyl (C=O) groups is 1. The van der Waals surface area contributed by atoms with Gasteiger partial charge in [-0.25, -0.2) is 22.4 Å². The van der Waals surface area contributed by atoms with Crippen molar-refractivity contribution in [3.63, 3.8) is 0 Å². The minimum Gasteiger partial charge on any atom is -0.373 e. The third-order valence-electron chi connectivity index (χ3n) is 3.67. The molecule has 2 atom stereocenters. The Kier molecular flexibility index (Phi) is 5.40. The van der Waals surface area contributed by atoms with Gasteiger partial charge in [0.05, 0.1) is 12.6 Å². The molecule has 1 aromatic heterocycles. The topological polar surface area (TPSA) is 54.5 Å². The summed E-state index contributed by atoms with van der Waals surface area (Å²) in [4.78, 5) is 16.9. The quantitative estimate of drug-likeness (QED) is 0.841. The third kappa shape index (κ3) is 4.31. The first-order valence-corrected chi connectivity index (χ1v) is 6.98. The van der Waals surface area contributed by atoms with Gasteiger partial charge in [0.15, 0.2) is 0 Å². The number of halogens is 4. The van der Waals surface area contributed by atoms with Crippen molar-refractivity contribution in [2.24, 2.45) is 0 Å². The predicted molar refractivity (Wildman–Crippen MR) is 73.4 cm³/mol. The highest BCUT2D eigenvalue weighted by Crippen LogP contribution is 2.28. The molecule has 0 spiro atoms. The number of pyridine rings is 1. The van der Waals surface area contributed by atoms with Crippen molar-refractivity contribution in [3.05, 3.63) is 30.1 Å². The Morgan fingerprint density at radius 3 is 2.65 bits per heavy atom. The molecular weight excluding hydrogens is 318 g/mol. The van der Waals surface area contributed by atoms with Crippen LogP contribution in [0, 0.1) is 0 Å². The number of nitrogens with zero attached hydrogens (tertiary/aromatic N) is 2. The fraction of sp³-hybridized carbons (Fsp3) is 0.571. The van der Waals surface area contributed by atoms with Gasteiger partial charge in [-0.15, -0.1) is 0 Å². The van der Waals surface area contributed by atoms with Crippen LogP contribution < -0.4 is 5.32 Å². The second-order valence-corrected chi connectivity index (χ2v) is 5.31. The molecule has 2 heterocycles. The minimum atomic E-state index is -3.18. The number of aromatic nitrogens is 1. The molecule has 0 bridgehead atoms. The maximum absolute atomic E-state index is 13.5. The van der Waals surface area contributed by atoms with Gasteiger partial charge in [-0.3, -0.25) is 4.98 Å². The molecule has 1 fully saturated rings. The van der Waals surface area contributed by atoms with Crippen molar-refractivity contribution in [2.45, 2.75) is 30.9 Å². The van der Waals surface area contributed by atoms with Crippen molar-refractivity contribution < 1.29 is 27.1 Å². The lowest BCUT2D eigenvalue weighted by Gasteiger charge is -2.30. The van der Waals surface area contributed by atoms with Gasteiger partial charge in [-0.2, -0.15) is 0 Å². The summed E-state index contributed by atoms with van der Waals surface area (Å²) >= 11 is 0. The van der Waals surface area contributed by atoms with Crippen LogP contribution in [0.1, 0.15) is 18.0 Å². The van der Waals surface area contributed by atoms with E-state index in [0.29, 0.717) is 5.56 Å². The molecule has 1 saturated heterocycles. The van der Waals surface area contributed by atoms with E-state index in [1.54, 1.807) is 0 Å². The maximum atomic E-state index is 13.5. The average molecular weight is 335 g/mol. The number of hydrogen-bond acceptors (Lipinski definition) is 3. The zero-order valence-corrected chi connectivity index (χ0v) is 12.4. The summed E-state index contributed by atoms with van der Waals surface area (Å²) in [6.45, 7) is -1.09. The van der Waals surface area contributed by atoms with Gasteiger partial charge in [0.2, 0.25) is 6.43 Å². The highest BCUT2D eigenvalue weighted by atomic mass is 19.3. The molecule has 0 aliphatic carbocycles. The van der Waals surface area contributed by atoms with Gasteiger partial charge in [0, 0.05) is 25.9 Å². The van der Waals surface area contributed by atoms with E-state index in [4.69, 9.17) is 0 Å². The Morgan fingerprint density at radius 2 is 2.13 bits per heavy atom. The van der Waals surface area contributed by atoms with Crippen molar-refractivity contribution >= 4 is 6.03 Å². The molecule has 0 saturated carbocycles. The fourth-order valence-corrected chi connectivity index (χ4v) is 2.35. The lowest BCUT2D eigenvalue weighted by molar-refractivity contribution is -0.0226. The van der Waals surface area contributed by atoms with E-state index >= 15 is 0 Å². The monoisotopic (exact) mass is 335 g/mol. The molecule has 128 valence electrons. The van der Waals surface area contributed by atoms with Gasteiger partial charge in [-0.1, -0.05) is 0 Å². The summed E-state index contributed by atoms with van der Waals surface area (Å²) in [6.07, 6.45) is -0.428. The van der Waals surface area contributed by atoms with Crippen LogP contribution in [0.5, 0.6) is 0 Å². The second-order valence-electron chi connectivity index (χ2n) is 5.31. The molecule has 23 heavy (non-hydrogen) atoms. The van der Waals surface area contributed by atoms with Gasteiger partial charge >= 0.3 is 6.03 Å². The summed E-state index contributed by atoms with van der Waals surface area (Å²) in [5.74, 6) is -3.18. The maximum Gasteiger partial charge on any atom is 0.318 e. The SMILES string of the molecule is CN(C(=O)N[C@H]1COCC1(F)F)[C@H](CC(F)F)c1ccncc1. The largest absolute Gasteiger partial charge is 0.373 e. The number of hydrogen-bond donors (Lipinski definition) is 1. The van der Waals surface area contributed by atoms with Gasteiger partial charge in [0.1, 0.15) is 12.6 Å². The van der Waals surface area contributed by atoms with Crippen LogP contribution in [0.25, 0.3) is 0 Å². The van der Waals surface area contributed by atoms with E-state index in [0.717, 1.165) is 4.90 Å². The van der Waals surface area contributed by atoms with Crippen molar-refractivity contribution in [1.29, 1.82) is 0 Å². The molecule has 0 radical (unpaired) electrons. The highest BCUT2D eigenvalue weighted by Gasteiger charge is 2.46. The third-order valence-corrected chi connectivity index (χ3v) is 3.67. The number of carbonyl (C=O) groups excluding carboxylic acids is 1. The molecule has 2 amide bonds. The Bertz CT molecular complexity index is 530. The van der Waals surface area contributed by atoms with Crippen molar-refractivity contribution in [2.75, 3.05) is 20.3 Å². The van der Waals surface area contributed by atoms with E-state index in [1.807, 2.05) is 0 Å². The molecule has 2 rings (SSSR count). The van der Waals surface area contributed by atoms with Crippen LogP contribution in [0.4, 0.5) is 22.4 Å². The Balaban J connectivity index is 2.10. The summed E-state index contributed by atoms with van der Waals surface area (Å²) in [5.41, 5.74) is 0.451. The van der Waals surface area contributed by atoms with E-state index in [2.05, 4.69) is 15.0 Å². The fourth-order valence-electron chi connectivity index (χ4n) is 2.35. The van der Waals surface area contributed by atoms with Crippen LogP contribution in [0.15, 0.2) is 24.5 Å². The molecule has 9 heteroatoms. The number of urea groups is 1. The second kappa shape index (κ2) is 7.12. The zero-order valence-electron chi connectivity index (χ0n) is 12.4. The first-order valence-electron chi connectivity index (χ1n) is 6.98. The van der Waals surface area contributed by atoms with Gasteiger partial charge in [-0.05, 0) is 17.7 Å². The van der Waals surface area contributed by atoms with Gasteiger partial charge < -0.3 is 15.0 Å². The smallest absolute Gasteiger partial charge is 0.318 e. The molecule has 1 aliphatic rings. The first kappa shape index (κ1) is 17.5. The average Bonchev–Trinajstić information content (AvgIpc) is 2.83. The van der Waals surface area contributed by atoms with Crippen LogP contribution in [0.3, 0.4) is 0 Å². The lowest BCUT2D eigenvalue weighted by atomic mass is 10.0. The highest BCUT2D eigenvalue weighted by molar-refractivity contribution is 5.75. The lowest BCUT2D eigenvalue weighted by Crippen LogP contribution is -2.51. The molecule has 1 aromatic rings. The minimum absolute atomic E-state index is 0.318. The molecule has 0 unspecified atom stereocenters. The number of rotatable bonds is 5. The van der Waals surface area contributed by atoms with Crippen LogP contribution in [0.2, 0.25) is 0 Å². The molecule has 0 aromatic carbocycles. The van der Waals surface area contributed by atoms with E-state index < -0.39 is 43.5 Å². The molecule has 5 nitrogen and oxygen atoms in total. The standard InChI is InChI=1S/C14H17F4N3O2/c1-21(13(22)20-11-7-23-8-14(11,17)18)10(6-12(15)16)9-2-4-19-5-3-9/h2-5,10-12H,6-8H2,1H3,(H,20,22)/t10-,11+/m1/s1. The van der Waals surface area contributed by atoms with E-state index in [9.17, 15) is 22.4 Å². The Morgan fingerprint density at radius 1 is 1.48 bits per heavy atom. The normalized spacial score (nSPS) is 21.2. The van der Waals surface area contributed by atoms with Gasteiger partial charge in [0.25, 0.3) is 5.92 Å².